The Hall–Kier alpha value is -0.330. The highest BCUT2D eigenvalue weighted by Crippen LogP contribution is 2.37. The molecule has 2 fully saturated rings. The fourth-order valence-electron chi connectivity index (χ4n) is 2.75. The van der Waals surface area contributed by atoms with Gasteiger partial charge < -0.3 is 10.1 Å². The topological polar surface area (TPSA) is 24.5 Å². The molecule has 0 aromatic carbocycles. The molecule has 1 atom stereocenters. The zero-order chi connectivity index (χ0) is 14.1. The number of ether oxygens (including phenoxy) is 1. The largest absolute Gasteiger partial charge is 0.411 e. The fraction of sp³-hybridized carbons (Fsp3) is 1.00. The van der Waals surface area contributed by atoms with Crippen LogP contribution in [-0.2, 0) is 4.74 Å². The van der Waals surface area contributed by atoms with Gasteiger partial charge in [0.2, 0.25) is 0 Å². The van der Waals surface area contributed by atoms with Crippen molar-refractivity contribution < 1.29 is 17.9 Å². The van der Waals surface area contributed by atoms with E-state index in [9.17, 15) is 13.2 Å². The second-order valence-electron chi connectivity index (χ2n) is 6.31. The molecule has 0 radical (unpaired) electrons. The maximum absolute atomic E-state index is 12.0. The van der Waals surface area contributed by atoms with Crippen LogP contribution in [0.15, 0.2) is 0 Å². The van der Waals surface area contributed by atoms with E-state index in [1.807, 2.05) is 0 Å². The van der Waals surface area contributed by atoms with Gasteiger partial charge in [-0.2, -0.15) is 13.2 Å². The van der Waals surface area contributed by atoms with Gasteiger partial charge in [-0.05, 0) is 32.6 Å². The first-order chi connectivity index (χ1) is 8.77. The van der Waals surface area contributed by atoms with Crippen molar-refractivity contribution in [1.82, 2.24) is 10.2 Å². The Morgan fingerprint density at radius 1 is 1.32 bits per heavy atom. The highest BCUT2D eigenvalue weighted by atomic mass is 19.4. The van der Waals surface area contributed by atoms with Crippen LogP contribution in [0.25, 0.3) is 0 Å². The Labute approximate surface area is 112 Å². The molecule has 19 heavy (non-hydrogen) atoms. The number of halogens is 3. The van der Waals surface area contributed by atoms with Crippen molar-refractivity contribution in [3.05, 3.63) is 0 Å². The SMILES string of the molecule is CC1(C)CN(CCOCC(F)(F)F)C(C2CC2)CN1. The maximum Gasteiger partial charge on any atom is 0.411 e. The van der Waals surface area contributed by atoms with E-state index < -0.39 is 12.8 Å². The van der Waals surface area contributed by atoms with Crippen LogP contribution in [0, 0.1) is 5.92 Å². The predicted octanol–water partition coefficient (Wildman–Crippen LogP) is 2.03. The third kappa shape index (κ3) is 4.93. The third-order valence-corrected chi connectivity index (χ3v) is 3.81. The summed E-state index contributed by atoms with van der Waals surface area (Å²) in [7, 11) is 0. The van der Waals surface area contributed by atoms with Crippen molar-refractivity contribution >= 4 is 0 Å². The van der Waals surface area contributed by atoms with Crippen LogP contribution in [0.1, 0.15) is 26.7 Å². The van der Waals surface area contributed by atoms with Gasteiger partial charge >= 0.3 is 6.18 Å². The minimum atomic E-state index is -4.22. The molecule has 0 aromatic heterocycles. The number of piperazine rings is 1. The molecule has 1 aliphatic heterocycles. The Balaban J connectivity index is 1.77. The van der Waals surface area contributed by atoms with Crippen molar-refractivity contribution in [2.45, 2.75) is 44.4 Å². The molecule has 112 valence electrons. The monoisotopic (exact) mass is 280 g/mol. The van der Waals surface area contributed by atoms with E-state index in [-0.39, 0.29) is 12.1 Å². The van der Waals surface area contributed by atoms with Crippen molar-refractivity contribution in [1.29, 1.82) is 0 Å². The van der Waals surface area contributed by atoms with E-state index in [4.69, 9.17) is 4.74 Å². The van der Waals surface area contributed by atoms with E-state index >= 15 is 0 Å². The average Bonchev–Trinajstić information content (AvgIpc) is 3.06. The minimum absolute atomic E-state index is 0.0232. The van der Waals surface area contributed by atoms with Crippen LogP contribution >= 0.6 is 0 Å². The molecule has 0 aromatic rings. The van der Waals surface area contributed by atoms with Crippen molar-refractivity contribution in [3.8, 4) is 0 Å². The van der Waals surface area contributed by atoms with Crippen LogP contribution in [-0.4, -0.2) is 55.5 Å². The summed E-state index contributed by atoms with van der Waals surface area (Å²) in [4.78, 5) is 2.30. The van der Waals surface area contributed by atoms with E-state index in [2.05, 4.69) is 24.1 Å². The molecule has 6 heteroatoms. The lowest BCUT2D eigenvalue weighted by molar-refractivity contribution is -0.175. The molecule has 0 bridgehead atoms. The molecule has 1 unspecified atom stereocenters. The van der Waals surface area contributed by atoms with Gasteiger partial charge in [0.25, 0.3) is 0 Å². The summed E-state index contributed by atoms with van der Waals surface area (Å²) in [6, 6.07) is 0.461. The molecule has 1 aliphatic carbocycles. The summed E-state index contributed by atoms with van der Waals surface area (Å²) in [5.74, 6) is 0.714. The Morgan fingerprint density at radius 3 is 2.58 bits per heavy atom. The first-order valence-corrected chi connectivity index (χ1v) is 6.90. The lowest BCUT2D eigenvalue weighted by Gasteiger charge is -2.45. The molecular weight excluding hydrogens is 257 g/mol. The molecule has 1 saturated heterocycles. The molecule has 2 rings (SSSR count). The zero-order valence-corrected chi connectivity index (χ0v) is 11.6. The summed E-state index contributed by atoms with van der Waals surface area (Å²) >= 11 is 0. The van der Waals surface area contributed by atoms with Gasteiger partial charge in [0.15, 0.2) is 0 Å². The normalized spacial score (nSPS) is 28.6. The molecule has 0 amide bonds. The molecule has 0 spiro atoms. The van der Waals surface area contributed by atoms with Crippen molar-refractivity contribution in [2.75, 3.05) is 32.8 Å². The van der Waals surface area contributed by atoms with Gasteiger partial charge in [-0.25, -0.2) is 0 Å². The smallest absolute Gasteiger partial charge is 0.371 e. The molecule has 1 heterocycles. The maximum atomic E-state index is 12.0. The van der Waals surface area contributed by atoms with Gasteiger partial charge in [-0.1, -0.05) is 0 Å². The van der Waals surface area contributed by atoms with E-state index in [0.29, 0.717) is 18.5 Å². The number of nitrogens with zero attached hydrogens (tertiary/aromatic N) is 1. The highest BCUT2D eigenvalue weighted by molar-refractivity contribution is 4.98. The van der Waals surface area contributed by atoms with Crippen molar-refractivity contribution in [3.63, 3.8) is 0 Å². The quantitative estimate of drug-likeness (QED) is 0.780. The van der Waals surface area contributed by atoms with E-state index in [1.54, 1.807) is 0 Å². The Morgan fingerprint density at radius 2 is 2.00 bits per heavy atom. The van der Waals surface area contributed by atoms with E-state index in [1.165, 1.54) is 12.8 Å². The number of hydrogen-bond donors (Lipinski definition) is 1. The van der Waals surface area contributed by atoms with Gasteiger partial charge in [0, 0.05) is 31.2 Å². The Bertz CT molecular complexity index is 303. The number of hydrogen-bond acceptors (Lipinski definition) is 3. The van der Waals surface area contributed by atoms with Gasteiger partial charge in [-0.3, -0.25) is 4.90 Å². The standard InChI is InChI=1S/C13H23F3N2O/c1-12(2)8-18(5-6-19-9-13(14,15)16)11(7-17-12)10-3-4-10/h10-11,17H,3-9H2,1-2H3. The Kier molecular flexibility index (Phi) is 4.42. The molecular formula is C13H23F3N2O. The van der Waals surface area contributed by atoms with Crippen LogP contribution in [0.3, 0.4) is 0 Å². The molecule has 1 N–H and O–H groups in total. The van der Waals surface area contributed by atoms with Crippen LogP contribution in [0.4, 0.5) is 13.2 Å². The zero-order valence-electron chi connectivity index (χ0n) is 11.6. The number of nitrogens with one attached hydrogen (secondary N) is 1. The van der Waals surface area contributed by atoms with Gasteiger partial charge in [-0.15, -0.1) is 0 Å². The van der Waals surface area contributed by atoms with Crippen LogP contribution in [0.2, 0.25) is 0 Å². The van der Waals surface area contributed by atoms with Gasteiger partial charge in [0.05, 0.1) is 6.61 Å². The molecule has 2 aliphatic rings. The minimum Gasteiger partial charge on any atom is -0.371 e. The highest BCUT2D eigenvalue weighted by Gasteiger charge is 2.40. The average molecular weight is 280 g/mol. The first kappa shape index (κ1) is 15.1. The summed E-state index contributed by atoms with van der Waals surface area (Å²) in [6.07, 6.45) is -1.74. The molecule has 1 saturated carbocycles. The third-order valence-electron chi connectivity index (χ3n) is 3.81. The lowest BCUT2D eigenvalue weighted by atomic mass is 9.96. The number of rotatable bonds is 5. The second kappa shape index (κ2) is 5.58. The summed E-state index contributed by atoms with van der Waals surface area (Å²) in [6.45, 7) is 5.64. The summed E-state index contributed by atoms with van der Waals surface area (Å²) in [5.41, 5.74) is 0.0232. The first-order valence-electron chi connectivity index (χ1n) is 6.90. The van der Waals surface area contributed by atoms with E-state index in [0.717, 1.165) is 13.1 Å². The molecule has 3 nitrogen and oxygen atoms in total. The second-order valence-corrected chi connectivity index (χ2v) is 6.31. The summed E-state index contributed by atoms with van der Waals surface area (Å²) in [5, 5.41) is 3.51. The lowest BCUT2D eigenvalue weighted by Crippen LogP contribution is -2.62. The van der Waals surface area contributed by atoms with Crippen molar-refractivity contribution in [2.24, 2.45) is 5.92 Å². The fourth-order valence-corrected chi connectivity index (χ4v) is 2.75. The predicted molar refractivity (Wildman–Crippen MR) is 67.0 cm³/mol. The van der Waals surface area contributed by atoms with Crippen LogP contribution < -0.4 is 5.32 Å². The summed E-state index contributed by atoms with van der Waals surface area (Å²) < 4.78 is 40.8. The van der Waals surface area contributed by atoms with Crippen LogP contribution in [0.5, 0.6) is 0 Å². The van der Waals surface area contributed by atoms with Gasteiger partial charge in [0.1, 0.15) is 6.61 Å². The number of alkyl halides is 3.